The maximum atomic E-state index is 6.92. The van der Waals surface area contributed by atoms with Gasteiger partial charge in [0.15, 0.2) is 23.1 Å². The van der Waals surface area contributed by atoms with Gasteiger partial charge in [0.1, 0.15) is 5.58 Å². The summed E-state index contributed by atoms with van der Waals surface area (Å²) in [6.45, 7) is 0. The van der Waals surface area contributed by atoms with Gasteiger partial charge in [-0.2, -0.15) is 0 Å². The molecule has 0 bridgehead atoms. The molecule has 0 unspecified atom stereocenters. The molecule has 0 fully saturated rings. The van der Waals surface area contributed by atoms with Crippen molar-refractivity contribution in [1.82, 2.24) is 19.5 Å². The molecule has 0 radical (unpaired) electrons. The Hall–Kier alpha value is -7.89. The molecule has 12 aromatic rings. The number of hydrogen-bond acceptors (Lipinski definition) is 4. The molecule has 0 spiro atoms. The number of para-hydroxylation sites is 2. The predicted octanol–water partition coefficient (Wildman–Crippen LogP) is 13.8. The van der Waals surface area contributed by atoms with Gasteiger partial charge in [-0.1, -0.05) is 158 Å². The molecule has 0 N–H and O–H groups in total. The van der Waals surface area contributed by atoms with E-state index in [1.165, 1.54) is 21.5 Å². The molecule has 58 heavy (non-hydrogen) atoms. The van der Waals surface area contributed by atoms with E-state index in [1.54, 1.807) is 0 Å². The zero-order valence-corrected chi connectivity index (χ0v) is 31.2. The summed E-state index contributed by atoms with van der Waals surface area (Å²) in [5, 5.41) is 9.20. The van der Waals surface area contributed by atoms with Crippen molar-refractivity contribution in [3.63, 3.8) is 0 Å². The Morgan fingerprint density at radius 3 is 1.67 bits per heavy atom. The number of hydrogen-bond donors (Lipinski definition) is 0. The van der Waals surface area contributed by atoms with Gasteiger partial charge in [-0.15, -0.1) is 0 Å². The molecule has 0 saturated carbocycles. The molecular weight excluding hydrogens is 709 g/mol. The lowest BCUT2D eigenvalue weighted by Crippen LogP contribution is -2.00. The molecule has 270 valence electrons. The van der Waals surface area contributed by atoms with E-state index in [2.05, 4.69) is 138 Å². The van der Waals surface area contributed by atoms with Crippen LogP contribution in [0.15, 0.2) is 199 Å². The fraction of sp³-hybridized carbons (Fsp3) is 0. The topological polar surface area (TPSA) is 56.7 Å². The molecule has 3 aromatic heterocycles. The van der Waals surface area contributed by atoms with E-state index in [4.69, 9.17) is 19.4 Å². The van der Waals surface area contributed by atoms with Crippen molar-refractivity contribution >= 4 is 65.3 Å². The Kier molecular flexibility index (Phi) is 7.16. The third-order valence-corrected chi connectivity index (χ3v) is 11.4. The number of aromatic nitrogens is 4. The first-order chi connectivity index (χ1) is 28.8. The second kappa shape index (κ2) is 12.8. The Balaban J connectivity index is 1.07. The molecule has 0 aliphatic rings. The predicted molar refractivity (Wildman–Crippen MR) is 238 cm³/mol. The largest absolute Gasteiger partial charge is 0.454 e. The van der Waals surface area contributed by atoms with E-state index in [0.717, 1.165) is 77.2 Å². The molecule has 0 atom stereocenters. The van der Waals surface area contributed by atoms with Crippen LogP contribution >= 0.6 is 0 Å². The minimum absolute atomic E-state index is 0.631. The van der Waals surface area contributed by atoms with Crippen LogP contribution in [0, 0.1) is 0 Å². The number of fused-ring (bicyclic) bond motifs is 8. The maximum absolute atomic E-state index is 6.92. The molecular formula is C53H32N4O. The Morgan fingerprint density at radius 2 is 0.931 bits per heavy atom. The van der Waals surface area contributed by atoms with Crippen molar-refractivity contribution < 1.29 is 4.42 Å². The second-order valence-corrected chi connectivity index (χ2v) is 14.7. The molecule has 3 heterocycles. The first-order valence-corrected chi connectivity index (χ1v) is 19.5. The van der Waals surface area contributed by atoms with E-state index in [1.807, 2.05) is 60.7 Å². The Labute approximate surface area is 333 Å². The minimum atomic E-state index is 0.631. The average Bonchev–Trinajstić information content (AvgIpc) is 3.84. The van der Waals surface area contributed by atoms with Crippen molar-refractivity contribution in [1.29, 1.82) is 0 Å². The van der Waals surface area contributed by atoms with E-state index in [9.17, 15) is 0 Å². The fourth-order valence-electron chi connectivity index (χ4n) is 8.81. The van der Waals surface area contributed by atoms with E-state index in [-0.39, 0.29) is 0 Å². The highest BCUT2D eigenvalue weighted by Gasteiger charge is 2.22. The molecule has 9 aromatic carbocycles. The highest BCUT2D eigenvalue weighted by atomic mass is 16.3. The molecule has 0 amide bonds. The Bertz CT molecular complexity index is 3510. The quantitative estimate of drug-likeness (QED) is 0.176. The second-order valence-electron chi connectivity index (χ2n) is 14.7. The van der Waals surface area contributed by atoms with Crippen molar-refractivity contribution in [2.24, 2.45) is 0 Å². The fourth-order valence-corrected chi connectivity index (χ4v) is 8.81. The summed E-state index contributed by atoms with van der Waals surface area (Å²) < 4.78 is 9.29. The summed E-state index contributed by atoms with van der Waals surface area (Å²) in [7, 11) is 0. The van der Waals surface area contributed by atoms with Crippen LogP contribution in [0.3, 0.4) is 0 Å². The number of benzene rings is 9. The summed E-state index contributed by atoms with van der Waals surface area (Å²) in [5.74, 6) is 1.91. The average molecular weight is 741 g/mol. The van der Waals surface area contributed by atoms with Gasteiger partial charge in [0.25, 0.3) is 0 Å². The van der Waals surface area contributed by atoms with Gasteiger partial charge in [0.2, 0.25) is 0 Å². The van der Waals surface area contributed by atoms with Crippen molar-refractivity contribution in [3.05, 3.63) is 194 Å². The van der Waals surface area contributed by atoms with E-state index < -0.39 is 0 Å². The first kappa shape index (κ1) is 32.4. The molecule has 5 heteroatoms. The highest BCUT2D eigenvalue weighted by Crippen LogP contribution is 2.44. The summed E-state index contributed by atoms with van der Waals surface area (Å²) in [4.78, 5) is 15.1. The van der Waals surface area contributed by atoms with E-state index >= 15 is 0 Å². The van der Waals surface area contributed by atoms with Crippen LogP contribution in [-0.2, 0) is 0 Å². The smallest absolute Gasteiger partial charge is 0.164 e. The van der Waals surface area contributed by atoms with Crippen molar-refractivity contribution in [2.45, 2.75) is 0 Å². The number of nitrogens with zero attached hydrogens (tertiary/aromatic N) is 4. The van der Waals surface area contributed by atoms with Gasteiger partial charge in [-0.05, 0) is 69.1 Å². The zero-order chi connectivity index (χ0) is 38.2. The zero-order valence-electron chi connectivity index (χ0n) is 31.2. The van der Waals surface area contributed by atoms with Gasteiger partial charge in [0.05, 0.1) is 16.7 Å². The normalized spacial score (nSPS) is 11.8. The van der Waals surface area contributed by atoms with Gasteiger partial charge in [-0.3, -0.25) is 0 Å². The van der Waals surface area contributed by atoms with Crippen molar-refractivity contribution in [2.75, 3.05) is 0 Å². The molecule has 0 aliphatic carbocycles. The van der Waals surface area contributed by atoms with Gasteiger partial charge < -0.3 is 8.98 Å². The third-order valence-electron chi connectivity index (χ3n) is 11.4. The third kappa shape index (κ3) is 5.00. The van der Waals surface area contributed by atoms with Crippen LogP contribution in [-0.4, -0.2) is 19.5 Å². The van der Waals surface area contributed by atoms with Crippen LogP contribution in [0.1, 0.15) is 0 Å². The summed E-state index contributed by atoms with van der Waals surface area (Å²) in [6.07, 6.45) is 0. The first-order valence-electron chi connectivity index (χ1n) is 19.5. The van der Waals surface area contributed by atoms with Gasteiger partial charge in [0, 0.05) is 38.2 Å². The SMILES string of the molecule is c1ccc(-c2nc(-c3ccccc3)nc(-c3ccc(-c4cccc5oc6c(-n7c8ccccc8c8cc9ccccc9cc87)cccc6c45)c4ccccc34)n2)cc1. The monoisotopic (exact) mass is 740 g/mol. The molecule has 0 saturated heterocycles. The molecule has 12 rings (SSSR count). The van der Waals surface area contributed by atoms with Crippen LogP contribution < -0.4 is 0 Å². The van der Waals surface area contributed by atoms with Gasteiger partial charge in [-0.25, -0.2) is 15.0 Å². The highest BCUT2D eigenvalue weighted by molar-refractivity contribution is 6.19. The standard InChI is InChI=1S/C53H32N4O/c1-3-15-33(16-4-1)51-54-52(34-17-5-2-6-18-34)56-53(55-51)42-30-29-39(37-21-9-10-22-38(37)42)41-24-14-28-48-49(41)43-25-13-27-46(50(43)58-48)57-45-26-12-11-23-40(45)44-31-35-19-7-8-20-36(35)32-47(44)57/h1-32H. The van der Waals surface area contributed by atoms with Crippen LogP contribution in [0.5, 0.6) is 0 Å². The number of rotatable bonds is 5. The summed E-state index contributed by atoms with van der Waals surface area (Å²) >= 11 is 0. The van der Waals surface area contributed by atoms with Gasteiger partial charge >= 0.3 is 0 Å². The van der Waals surface area contributed by atoms with Crippen LogP contribution in [0.25, 0.3) is 116 Å². The Morgan fingerprint density at radius 1 is 0.362 bits per heavy atom. The molecule has 0 aliphatic heterocycles. The number of furan rings is 1. The minimum Gasteiger partial charge on any atom is -0.454 e. The lowest BCUT2D eigenvalue weighted by molar-refractivity contribution is 0.666. The maximum Gasteiger partial charge on any atom is 0.164 e. The summed E-state index contributed by atoms with van der Waals surface area (Å²) in [5.41, 5.74) is 10.1. The summed E-state index contributed by atoms with van der Waals surface area (Å²) in [6, 6.07) is 67.9. The molecule has 5 nitrogen and oxygen atoms in total. The lowest BCUT2D eigenvalue weighted by atomic mass is 9.92. The van der Waals surface area contributed by atoms with Crippen LogP contribution in [0.2, 0.25) is 0 Å². The van der Waals surface area contributed by atoms with Crippen molar-refractivity contribution in [3.8, 4) is 51.0 Å². The lowest BCUT2D eigenvalue weighted by Gasteiger charge is -2.14. The van der Waals surface area contributed by atoms with Crippen LogP contribution in [0.4, 0.5) is 0 Å². The van der Waals surface area contributed by atoms with E-state index in [0.29, 0.717) is 17.5 Å².